The Morgan fingerprint density at radius 1 is 1.18 bits per heavy atom. The van der Waals surface area contributed by atoms with E-state index in [1.165, 1.54) is 0 Å². The lowest BCUT2D eigenvalue weighted by atomic mass is 10.2. The van der Waals surface area contributed by atoms with Crippen LogP contribution in [0.2, 0.25) is 0 Å². The van der Waals surface area contributed by atoms with Crippen molar-refractivity contribution >= 4 is 5.91 Å². The molecule has 5 heteroatoms. The zero-order chi connectivity index (χ0) is 15.8. The van der Waals surface area contributed by atoms with Crippen molar-refractivity contribution in [3.05, 3.63) is 54.0 Å². The number of nitrogens with one attached hydrogen (secondary N) is 2. The van der Waals surface area contributed by atoms with E-state index in [0.717, 1.165) is 17.1 Å². The lowest BCUT2D eigenvalue weighted by Crippen LogP contribution is -2.33. The van der Waals surface area contributed by atoms with Crippen LogP contribution in [0, 0.1) is 0 Å². The molecule has 5 nitrogen and oxygen atoms in total. The summed E-state index contributed by atoms with van der Waals surface area (Å²) in [5.41, 5.74) is 1.04. The van der Waals surface area contributed by atoms with Gasteiger partial charge >= 0.3 is 0 Å². The van der Waals surface area contributed by atoms with E-state index in [-0.39, 0.29) is 18.6 Å². The molecule has 0 fully saturated rings. The van der Waals surface area contributed by atoms with Gasteiger partial charge < -0.3 is 19.8 Å². The third kappa shape index (κ3) is 5.61. The van der Waals surface area contributed by atoms with Crippen LogP contribution in [0.4, 0.5) is 0 Å². The third-order valence-electron chi connectivity index (χ3n) is 2.95. The van der Waals surface area contributed by atoms with Crippen LogP contribution in [0.1, 0.15) is 25.2 Å². The highest BCUT2D eigenvalue weighted by Gasteiger charge is 2.03. The van der Waals surface area contributed by atoms with Crippen molar-refractivity contribution in [3.8, 4) is 5.75 Å². The summed E-state index contributed by atoms with van der Waals surface area (Å²) in [5.74, 6) is 1.60. The van der Waals surface area contributed by atoms with Crippen LogP contribution in [0.25, 0.3) is 0 Å². The Labute approximate surface area is 130 Å². The largest absolute Gasteiger partial charge is 0.491 e. The Hall–Kier alpha value is -2.27. The van der Waals surface area contributed by atoms with Crippen LogP contribution in [-0.4, -0.2) is 18.6 Å². The molecule has 0 unspecified atom stereocenters. The quantitative estimate of drug-likeness (QED) is 0.786. The molecule has 2 N–H and O–H groups in total. The molecule has 1 heterocycles. The van der Waals surface area contributed by atoms with E-state index in [4.69, 9.17) is 9.15 Å². The first kappa shape index (κ1) is 16.1. The van der Waals surface area contributed by atoms with Gasteiger partial charge in [-0.3, -0.25) is 4.79 Å². The predicted molar refractivity (Wildman–Crippen MR) is 84.5 cm³/mol. The summed E-state index contributed by atoms with van der Waals surface area (Å²) in [6, 6.07) is 11.4. The van der Waals surface area contributed by atoms with Gasteiger partial charge in [-0.2, -0.15) is 0 Å². The highest BCUT2D eigenvalue weighted by atomic mass is 16.5. The molecule has 22 heavy (non-hydrogen) atoms. The standard InChI is InChI=1S/C17H22N2O3/c1-13(2)22-15-7-5-14(6-8-15)10-19-17(20)12-18-11-16-4-3-9-21-16/h3-9,13,18H,10-12H2,1-2H3,(H,19,20). The van der Waals surface area contributed by atoms with E-state index in [2.05, 4.69) is 10.6 Å². The van der Waals surface area contributed by atoms with Crippen molar-refractivity contribution in [3.63, 3.8) is 0 Å². The van der Waals surface area contributed by atoms with Crippen LogP contribution in [0.15, 0.2) is 47.1 Å². The Morgan fingerprint density at radius 2 is 1.95 bits per heavy atom. The number of ether oxygens (including phenoxy) is 1. The average Bonchev–Trinajstić information content (AvgIpc) is 2.99. The molecule has 0 aliphatic carbocycles. The number of carbonyl (C=O) groups excluding carboxylic acids is 1. The van der Waals surface area contributed by atoms with Gasteiger partial charge in [-0.15, -0.1) is 0 Å². The van der Waals surface area contributed by atoms with Crippen LogP contribution in [-0.2, 0) is 17.9 Å². The fourth-order valence-electron chi connectivity index (χ4n) is 1.93. The Balaban J connectivity index is 1.67. The number of furan rings is 1. The number of hydrogen-bond donors (Lipinski definition) is 2. The second kappa shape index (κ2) is 8.24. The number of amides is 1. The SMILES string of the molecule is CC(C)Oc1ccc(CNC(=O)CNCc2ccco2)cc1. The smallest absolute Gasteiger partial charge is 0.234 e. The molecule has 1 amide bonds. The molecule has 0 spiro atoms. The molecule has 1 aromatic heterocycles. The summed E-state index contributed by atoms with van der Waals surface area (Å²) in [6.45, 7) is 5.29. The topological polar surface area (TPSA) is 63.5 Å². The summed E-state index contributed by atoms with van der Waals surface area (Å²) >= 11 is 0. The fraction of sp³-hybridized carbons (Fsp3) is 0.353. The van der Waals surface area contributed by atoms with Crippen LogP contribution in [0.3, 0.4) is 0 Å². The van der Waals surface area contributed by atoms with Gasteiger partial charge in [-0.1, -0.05) is 12.1 Å². The van der Waals surface area contributed by atoms with E-state index in [1.54, 1.807) is 6.26 Å². The zero-order valence-corrected chi connectivity index (χ0v) is 13.0. The monoisotopic (exact) mass is 302 g/mol. The van der Waals surface area contributed by atoms with Gasteiger partial charge in [-0.05, 0) is 43.7 Å². The molecule has 2 aromatic rings. The molecular weight excluding hydrogens is 280 g/mol. The molecular formula is C17H22N2O3. The lowest BCUT2D eigenvalue weighted by Gasteiger charge is -2.10. The molecule has 1 aromatic carbocycles. The molecule has 118 valence electrons. The minimum atomic E-state index is -0.0472. The van der Waals surface area contributed by atoms with Gasteiger partial charge in [0.2, 0.25) is 5.91 Å². The van der Waals surface area contributed by atoms with E-state index in [9.17, 15) is 4.79 Å². The first-order valence-corrected chi connectivity index (χ1v) is 7.39. The molecule has 0 aliphatic rings. The Bertz CT molecular complexity index is 562. The zero-order valence-electron chi connectivity index (χ0n) is 13.0. The fourth-order valence-corrected chi connectivity index (χ4v) is 1.93. The van der Waals surface area contributed by atoms with Crippen molar-refractivity contribution in [1.82, 2.24) is 10.6 Å². The van der Waals surface area contributed by atoms with Crippen molar-refractivity contribution in [2.45, 2.75) is 33.0 Å². The Morgan fingerprint density at radius 3 is 2.59 bits per heavy atom. The highest BCUT2D eigenvalue weighted by molar-refractivity contribution is 5.77. The van der Waals surface area contributed by atoms with E-state index in [1.807, 2.05) is 50.2 Å². The second-order valence-electron chi connectivity index (χ2n) is 5.27. The number of carbonyl (C=O) groups is 1. The van der Waals surface area contributed by atoms with Gasteiger partial charge in [-0.25, -0.2) is 0 Å². The summed E-state index contributed by atoms with van der Waals surface area (Å²) in [6.07, 6.45) is 1.77. The van der Waals surface area contributed by atoms with Crippen molar-refractivity contribution in [2.75, 3.05) is 6.54 Å². The maximum absolute atomic E-state index is 11.7. The normalized spacial score (nSPS) is 10.7. The molecule has 0 saturated carbocycles. The molecule has 0 aliphatic heterocycles. The van der Waals surface area contributed by atoms with Gasteiger partial charge in [0.25, 0.3) is 0 Å². The van der Waals surface area contributed by atoms with Crippen molar-refractivity contribution in [2.24, 2.45) is 0 Å². The first-order chi connectivity index (χ1) is 10.6. The molecule has 0 atom stereocenters. The summed E-state index contributed by atoms with van der Waals surface area (Å²) in [4.78, 5) is 11.7. The minimum absolute atomic E-state index is 0.0472. The van der Waals surface area contributed by atoms with E-state index < -0.39 is 0 Å². The van der Waals surface area contributed by atoms with Crippen LogP contribution >= 0.6 is 0 Å². The second-order valence-corrected chi connectivity index (χ2v) is 5.27. The lowest BCUT2D eigenvalue weighted by molar-refractivity contribution is -0.120. The molecule has 0 radical (unpaired) electrons. The highest BCUT2D eigenvalue weighted by Crippen LogP contribution is 2.13. The van der Waals surface area contributed by atoms with Gasteiger partial charge in [0.05, 0.1) is 25.5 Å². The molecule has 2 rings (SSSR count). The van der Waals surface area contributed by atoms with Crippen molar-refractivity contribution in [1.29, 1.82) is 0 Å². The summed E-state index contributed by atoms with van der Waals surface area (Å²) < 4.78 is 10.8. The Kier molecular flexibility index (Phi) is 6.03. The number of rotatable bonds is 8. The summed E-state index contributed by atoms with van der Waals surface area (Å²) in [5, 5.41) is 5.90. The minimum Gasteiger partial charge on any atom is -0.491 e. The summed E-state index contributed by atoms with van der Waals surface area (Å²) in [7, 11) is 0. The first-order valence-electron chi connectivity index (χ1n) is 7.39. The predicted octanol–water partition coefficient (Wildman–Crippen LogP) is 2.47. The van der Waals surface area contributed by atoms with E-state index in [0.29, 0.717) is 13.1 Å². The van der Waals surface area contributed by atoms with E-state index >= 15 is 0 Å². The average molecular weight is 302 g/mol. The number of benzene rings is 1. The maximum atomic E-state index is 11.7. The third-order valence-corrected chi connectivity index (χ3v) is 2.95. The van der Waals surface area contributed by atoms with Crippen LogP contribution < -0.4 is 15.4 Å². The van der Waals surface area contributed by atoms with Gasteiger partial charge in [0.1, 0.15) is 11.5 Å². The molecule has 0 saturated heterocycles. The molecule has 0 bridgehead atoms. The number of hydrogen-bond acceptors (Lipinski definition) is 4. The van der Waals surface area contributed by atoms with Gasteiger partial charge in [0.15, 0.2) is 0 Å². The van der Waals surface area contributed by atoms with Crippen molar-refractivity contribution < 1.29 is 13.9 Å². The van der Waals surface area contributed by atoms with Gasteiger partial charge in [0, 0.05) is 6.54 Å². The maximum Gasteiger partial charge on any atom is 0.234 e. The van der Waals surface area contributed by atoms with Crippen LogP contribution in [0.5, 0.6) is 5.75 Å².